The monoisotopic (exact) mass is 410 g/mol. The Morgan fingerprint density at radius 3 is 3.12 bits per heavy atom. The summed E-state index contributed by atoms with van der Waals surface area (Å²) in [5, 5.41) is 3.04. The fourth-order valence-electron chi connectivity index (χ4n) is 3.17. The highest BCUT2D eigenvalue weighted by atomic mass is 79.9. The minimum absolute atomic E-state index is 0.00275. The topological polar surface area (TPSA) is 69.7 Å². The number of nitrogens with two attached hydrogens (primary N) is 1. The van der Waals surface area contributed by atoms with E-state index in [0.717, 1.165) is 59.0 Å². The maximum absolute atomic E-state index is 11.4. The molecule has 1 aromatic heterocycles. The van der Waals surface area contributed by atoms with Crippen molar-refractivity contribution in [2.24, 2.45) is 11.7 Å². The van der Waals surface area contributed by atoms with Crippen LogP contribution in [-0.4, -0.2) is 31.1 Å². The molecule has 0 radical (unpaired) electrons. The van der Waals surface area contributed by atoms with Gasteiger partial charge >= 0.3 is 0 Å². The number of nitrogens with zero attached hydrogens (tertiary/aromatic N) is 1. The number of hydrogen-bond acceptors (Lipinski definition) is 4. The third-order valence-electron chi connectivity index (χ3n) is 4.40. The van der Waals surface area contributed by atoms with Gasteiger partial charge in [-0.25, -0.2) is 4.98 Å². The number of ether oxygens (including phenoxy) is 1. The van der Waals surface area contributed by atoms with E-state index in [1.807, 2.05) is 18.2 Å². The van der Waals surface area contributed by atoms with Crippen molar-refractivity contribution in [3.8, 4) is 16.3 Å². The van der Waals surface area contributed by atoms with E-state index in [-0.39, 0.29) is 11.8 Å². The van der Waals surface area contributed by atoms with Crippen LogP contribution in [0.25, 0.3) is 10.6 Å². The molecule has 1 fully saturated rings. The van der Waals surface area contributed by atoms with Gasteiger partial charge in [0.2, 0.25) is 5.91 Å². The van der Waals surface area contributed by atoms with Crippen molar-refractivity contribution >= 4 is 33.2 Å². The molecule has 1 aromatic carbocycles. The van der Waals surface area contributed by atoms with E-state index in [1.54, 1.807) is 18.4 Å². The molecule has 2 aromatic rings. The Bertz CT molecular complexity index is 734. The maximum atomic E-state index is 11.4. The van der Waals surface area contributed by atoms with Gasteiger partial charge in [0.15, 0.2) is 0 Å². The number of benzene rings is 1. The molecule has 3 N–H and O–H groups in total. The molecule has 1 unspecified atom stereocenters. The molecule has 3 rings (SSSR count). The summed E-state index contributed by atoms with van der Waals surface area (Å²) in [7, 11) is 1.67. The van der Waals surface area contributed by atoms with Gasteiger partial charge in [-0.1, -0.05) is 15.9 Å². The molecule has 2 atom stereocenters. The molecular weight excluding hydrogens is 390 g/mol. The summed E-state index contributed by atoms with van der Waals surface area (Å²) in [6, 6.07) is 5.92. The lowest BCUT2D eigenvalue weighted by molar-refractivity contribution is -0.921. The highest BCUT2D eigenvalue weighted by molar-refractivity contribution is 9.10. The first-order valence-corrected chi connectivity index (χ1v) is 9.65. The van der Waals surface area contributed by atoms with Crippen molar-refractivity contribution in [3.63, 3.8) is 0 Å². The van der Waals surface area contributed by atoms with Crippen LogP contribution in [0.2, 0.25) is 0 Å². The van der Waals surface area contributed by atoms with Gasteiger partial charge in [-0.05, 0) is 31.0 Å². The Morgan fingerprint density at radius 1 is 1.54 bits per heavy atom. The van der Waals surface area contributed by atoms with E-state index in [1.165, 1.54) is 4.90 Å². The number of hydrogen-bond donors (Lipinski definition) is 2. The zero-order valence-corrected chi connectivity index (χ0v) is 16.0. The molecule has 24 heavy (non-hydrogen) atoms. The van der Waals surface area contributed by atoms with E-state index >= 15 is 0 Å². The van der Waals surface area contributed by atoms with Gasteiger partial charge in [0.05, 0.1) is 31.7 Å². The predicted molar refractivity (Wildman–Crippen MR) is 98.1 cm³/mol. The van der Waals surface area contributed by atoms with Crippen LogP contribution >= 0.6 is 27.3 Å². The third-order valence-corrected chi connectivity index (χ3v) is 5.81. The maximum Gasteiger partial charge on any atom is 0.226 e. The van der Waals surface area contributed by atoms with Gasteiger partial charge in [-0.3, -0.25) is 4.79 Å². The number of amides is 1. The fraction of sp³-hybridized carbons (Fsp3) is 0.412. The number of halogens is 1. The van der Waals surface area contributed by atoms with Crippen LogP contribution in [0.3, 0.4) is 0 Å². The molecule has 0 bridgehead atoms. The molecule has 128 valence electrons. The van der Waals surface area contributed by atoms with Crippen molar-refractivity contribution in [2.45, 2.75) is 19.4 Å². The fourth-order valence-corrected chi connectivity index (χ4v) is 4.37. The second-order valence-electron chi connectivity index (χ2n) is 6.11. The number of thiazole rings is 1. The van der Waals surface area contributed by atoms with Crippen LogP contribution in [0.1, 0.15) is 18.5 Å². The molecule has 1 amide bonds. The average Bonchev–Trinajstić information content (AvgIpc) is 3.03. The van der Waals surface area contributed by atoms with Crippen molar-refractivity contribution in [3.05, 3.63) is 33.7 Å². The highest BCUT2D eigenvalue weighted by Crippen LogP contribution is 2.34. The lowest BCUT2D eigenvalue weighted by Crippen LogP contribution is -3.12. The number of primary amides is 1. The summed E-state index contributed by atoms with van der Waals surface area (Å²) < 4.78 is 6.44. The zero-order chi connectivity index (χ0) is 17.1. The third kappa shape index (κ3) is 3.96. The molecule has 1 aliphatic heterocycles. The molecule has 1 aliphatic rings. The minimum atomic E-state index is -0.176. The Hall–Kier alpha value is -1.44. The number of aromatic nitrogens is 1. The second kappa shape index (κ2) is 7.63. The van der Waals surface area contributed by atoms with Crippen LogP contribution in [0.15, 0.2) is 28.1 Å². The Kier molecular flexibility index (Phi) is 5.53. The minimum Gasteiger partial charge on any atom is -0.496 e. The summed E-state index contributed by atoms with van der Waals surface area (Å²) in [5.41, 5.74) is 7.51. The summed E-state index contributed by atoms with van der Waals surface area (Å²) in [4.78, 5) is 17.6. The van der Waals surface area contributed by atoms with Gasteiger partial charge in [0, 0.05) is 9.85 Å². The van der Waals surface area contributed by atoms with Gasteiger partial charge in [-0.2, -0.15) is 0 Å². The van der Waals surface area contributed by atoms with Crippen LogP contribution < -0.4 is 15.4 Å². The van der Waals surface area contributed by atoms with E-state index < -0.39 is 0 Å². The van der Waals surface area contributed by atoms with Crippen molar-refractivity contribution in [2.75, 3.05) is 20.2 Å². The number of nitrogens with one attached hydrogen (secondary N) is 1. The van der Waals surface area contributed by atoms with E-state index in [9.17, 15) is 4.79 Å². The van der Waals surface area contributed by atoms with Gasteiger partial charge in [0.1, 0.15) is 23.0 Å². The highest BCUT2D eigenvalue weighted by Gasteiger charge is 2.27. The Morgan fingerprint density at radius 2 is 2.38 bits per heavy atom. The molecular formula is C17H21BrN3O2S+. The number of methoxy groups -OCH3 is 1. The predicted octanol–water partition coefficient (Wildman–Crippen LogP) is 1.86. The number of quaternary nitrogens is 1. The zero-order valence-electron chi connectivity index (χ0n) is 13.5. The number of likely N-dealkylation sites (tertiary alicyclic amines) is 1. The molecule has 2 heterocycles. The van der Waals surface area contributed by atoms with E-state index in [2.05, 4.69) is 21.3 Å². The standard InChI is InChI=1S/C17H20BrN3O2S/c1-23-15-5-4-12(18)7-14(15)17-20-13(10-24-17)9-21-6-2-3-11(8-21)16(19)22/h4-5,7,10-11H,2-3,6,8-9H2,1H3,(H2,19,22)/p+1/t11-/m0/s1. The summed E-state index contributed by atoms with van der Waals surface area (Å²) in [5.74, 6) is 0.639. The SMILES string of the molecule is COc1ccc(Br)cc1-c1nc(C[NH+]2CCC[C@H](C(N)=O)C2)cs1. The number of rotatable bonds is 5. The molecule has 0 saturated carbocycles. The molecule has 1 saturated heterocycles. The largest absolute Gasteiger partial charge is 0.496 e. The lowest BCUT2D eigenvalue weighted by Gasteiger charge is -2.27. The van der Waals surface area contributed by atoms with Crippen LogP contribution in [0.5, 0.6) is 5.75 Å². The first-order valence-electron chi connectivity index (χ1n) is 7.98. The van der Waals surface area contributed by atoms with Crippen LogP contribution in [-0.2, 0) is 11.3 Å². The van der Waals surface area contributed by atoms with E-state index in [4.69, 9.17) is 15.5 Å². The summed E-state index contributed by atoms with van der Waals surface area (Å²) in [6.07, 6.45) is 1.95. The first kappa shape index (κ1) is 17.4. The van der Waals surface area contributed by atoms with Gasteiger partial charge < -0.3 is 15.4 Å². The first-order chi connectivity index (χ1) is 11.6. The summed E-state index contributed by atoms with van der Waals surface area (Å²) in [6.45, 7) is 2.70. The molecule has 5 nitrogen and oxygen atoms in total. The normalized spacial score (nSPS) is 20.8. The lowest BCUT2D eigenvalue weighted by atomic mass is 9.97. The summed E-state index contributed by atoms with van der Waals surface area (Å²) >= 11 is 5.12. The number of carbonyl (C=O) groups is 1. The second-order valence-corrected chi connectivity index (χ2v) is 7.88. The average molecular weight is 411 g/mol. The quantitative estimate of drug-likeness (QED) is 0.789. The smallest absolute Gasteiger partial charge is 0.226 e. The Labute approximate surface area is 154 Å². The Balaban J connectivity index is 1.74. The number of carbonyl (C=O) groups excluding carboxylic acids is 1. The van der Waals surface area contributed by atoms with Crippen molar-refractivity contribution in [1.29, 1.82) is 0 Å². The van der Waals surface area contributed by atoms with Gasteiger partial charge in [0.25, 0.3) is 0 Å². The molecule has 0 spiro atoms. The van der Waals surface area contributed by atoms with Crippen LogP contribution in [0, 0.1) is 5.92 Å². The van der Waals surface area contributed by atoms with E-state index in [0.29, 0.717) is 0 Å². The molecule has 7 heteroatoms. The van der Waals surface area contributed by atoms with Crippen molar-refractivity contribution in [1.82, 2.24) is 4.98 Å². The van der Waals surface area contributed by atoms with Crippen LogP contribution in [0.4, 0.5) is 0 Å². The van der Waals surface area contributed by atoms with Gasteiger partial charge in [-0.15, -0.1) is 11.3 Å². The van der Waals surface area contributed by atoms with Crippen molar-refractivity contribution < 1.29 is 14.4 Å². The number of piperidine rings is 1. The molecule has 0 aliphatic carbocycles.